The molecule has 182 valence electrons. The van der Waals surface area contributed by atoms with E-state index in [1.54, 1.807) is 37.1 Å². The summed E-state index contributed by atoms with van der Waals surface area (Å²) in [5.74, 6) is -0.507. The average Bonchev–Trinajstić information content (AvgIpc) is 2.71. The fourth-order valence-electron chi connectivity index (χ4n) is 4.02. The van der Waals surface area contributed by atoms with Crippen LogP contribution in [0.4, 0.5) is 0 Å². The molecule has 0 spiro atoms. The molecule has 0 atom stereocenters. The molecule has 1 aliphatic heterocycles. The Balaban J connectivity index is 2.21. The Labute approximate surface area is 200 Å². The van der Waals surface area contributed by atoms with E-state index in [1.807, 2.05) is 17.6 Å². The van der Waals surface area contributed by atoms with Crippen LogP contribution in [-0.4, -0.2) is 46.8 Å². The topological polar surface area (TPSA) is 104 Å². The smallest absolute Gasteiger partial charge is 0.343 e. The van der Waals surface area contributed by atoms with E-state index in [2.05, 4.69) is 19.2 Å². The number of carbonyl (C=O) groups is 2. The van der Waals surface area contributed by atoms with Gasteiger partial charge in [0.2, 0.25) is 5.43 Å². The molecule has 1 aromatic heterocycles. The first-order valence-corrected chi connectivity index (χ1v) is 11.8. The van der Waals surface area contributed by atoms with Crippen LogP contribution >= 0.6 is 0 Å². The number of nitrogens with zero attached hydrogens (tertiary/aromatic N) is 2. The van der Waals surface area contributed by atoms with Gasteiger partial charge in [0, 0.05) is 54.7 Å². The van der Waals surface area contributed by atoms with Crippen molar-refractivity contribution in [3.05, 3.63) is 57.0 Å². The zero-order valence-corrected chi connectivity index (χ0v) is 20.7. The summed E-state index contributed by atoms with van der Waals surface area (Å²) in [6.07, 6.45) is 4.25. The number of fused-ring (bicyclic) bond motifs is 1. The molecule has 1 aromatic carbocycles. The summed E-state index contributed by atoms with van der Waals surface area (Å²) < 4.78 is 7.02. The minimum atomic E-state index is -0.656. The second-order valence-corrected chi connectivity index (χ2v) is 9.17. The van der Waals surface area contributed by atoms with Crippen molar-refractivity contribution < 1.29 is 14.3 Å². The fourth-order valence-corrected chi connectivity index (χ4v) is 4.02. The summed E-state index contributed by atoms with van der Waals surface area (Å²) in [5.41, 5.74) is 2.68. The Hall–Kier alpha value is -3.42. The van der Waals surface area contributed by atoms with Gasteiger partial charge in [0.15, 0.2) is 0 Å². The van der Waals surface area contributed by atoms with Gasteiger partial charge < -0.3 is 24.9 Å². The van der Waals surface area contributed by atoms with E-state index < -0.39 is 11.4 Å². The Morgan fingerprint density at radius 1 is 1.21 bits per heavy atom. The van der Waals surface area contributed by atoms with Crippen LogP contribution in [0.25, 0.3) is 10.9 Å². The van der Waals surface area contributed by atoms with Crippen molar-refractivity contribution in [1.29, 1.82) is 5.41 Å². The summed E-state index contributed by atoms with van der Waals surface area (Å²) in [4.78, 5) is 40.9. The van der Waals surface area contributed by atoms with E-state index >= 15 is 0 Å². The predicted octanol–water partition coefficient (Wildman–Crippen LogP) is 3.71. The van der Waals surface area contributed by atoms with Gasteiger partial charge in [0.05, 0.1) is 12.1 Å². The highest BCUT2D eigenvalue weighted by atomic mass is 16.5. The zero-order chi connectivity index (χ0) is 25.0. The Kier molecular flexibility index (Phi) is 7.91. The van der Waals surface area contributed by atoms with Gasteiger partial charge in [-0.2, -0.15) is 0 Å². The van der Waals surface area contributed by atoms with E-state index in [0.29, 0.717) is 48.4 Å². The summed E-state index contributed by atoms with van der Waals surface area (Å²) in [5, 5.41) is 11.3. The molecule has 8 heteroatoms. The fraction of sp³-hybridized carbons (Fsp3) is 0.462. The van der Waals surface area contributed by atoms with Crippen LogP contribution < -0.4 is 10.7 Å². The molecule has 1 saturated heterocycles. The third kappa shape index (κ3) is 5.55. The number of ether oxygens (including phenoxy) is 1. The van der Waals surface area contributed by atoms with Gasteiger partial charge in [-0.15, -0.1) is 0 Å². The van der Waals surface area contributed by atoms with E-state index in [4.69, 9.17) is 10.1 Å². The first kappa shape index (κ1) is 25.2. The first-order valence-electron chi connectivity index (χ1n) is 11.8. The zero-order valence-electron chi connectivity index (χ0n) is 20.7. The van der Waals surface area contributed by atoms with E-state index in [9.17, 15) is 14.4 Å². The van der Waals surface area contributed by atoms with Crippen molar-refractivity contribution in [2.45, 2.75) is 54.1 Å². The lowest BCUT2D eigenvalue weighted by atomic mass is 9.99. The van der Waals surface area contributed by atoms with Gasteiger partial charge >= 0.3 is 5.97 Å². The molecule has 34 heavy (non-hydrogen) atoms. The van der Waals surface area contributed by atoms with Crippen LogP contribution in [0.3, 0.4) is 0 Å². The van der Waals surface area contributed by atoms with Gasteiger partial charge in [0.1, 0.15) is 5.56 Å². The number of hydrogen-bond donors (Lipinski definition) is 2. The van der Waals surface area contributed by atoms with Crippen molar-refractivity contribution in [3.8, 4) is 0 Å². The normalized spacial score (nSPS) is 13.7. The van der Waals surface area contributed by atoms with Gasteiger partial charge in [-0.25, -0.2) is 4.79 Å². The van der Waals surface area contributed by atoms with Gasteiger partial charge in [-0.1, -0.05) is 13.8 Å². The number of hydrogen-bond acceptors (Lipinski definition) is 6. The molecule has 0 radical (unpaired) electrons. The Morgan fingerprint density at radius 2 is 1.91 bits per heavy atom. The first-order chi connectivity index (χ1) is 16.1. The molecule has 1 fully saturated rings. The number of amides is 1. The summed E-state index contributed by atoms with van der Waals surface area (Å²) >= 11 is 0. The van der Waals surface area contributed by atoms with Crippen molar-refractivity contribution in [2.75, 3.05) is 19.7 Å². The highest BCUT2D eigenvalue weighted by molar-refractivity contribution is 6.01. The second kappa shape index (κ2) is 10.7. The summed E-state index contributed by atoms with van der Waals surface area (Å²) in [6, 6.07) is 3.51. The molecule has 0 unspecified atom stereocenters. The average molecular weight is 467 g/mol. The predicted molar refractivity (Wildman–Crippen MR) is 134 cm³/mol. The number of nitrogens with one attached hydrogen (secondary N) is 2. The van der Waals surface area contributed by atoms with Crippen LogP contribution in [-0.2, 0) is 17.8 Å². The lowest BCUT2D eigenvalue weighted by Gasteiger charge is -2.32. The lowest BCUT2D eigenvalue weighted by Crippen LogP contribution is -2.42. The molecule has 2 heterocycles. The Morgan fingerprint density at radius 3 is 2.47 bits per heavy atom. The maximum Gasteiger partial charge on any atom is 0.343 e. The monoisotopic (exact) mass is 466 g/mol. The number of aromatic nitrogens is 1. The number of carbonyl (C=O) groups excluding carboxylic acids is 2. The molecule has 2 aromatic rings. The van der Waals surface area contributed by atoms with Gasteiger partial charge in [-0.05, 0) is 56.9 Å². The molecule has 3 rings (SSSR count). The minimum Gasteiger partial charge on any atom is -0.462 e. The number of rotatable bonds is 9. The quantitative estimate of drug-likeness (QED) is 0.433. The number of allylic oxidation sites excluding steroid dienone is 2. The van der Waals surface area contributed by atoms with Crippen LogP contribution in [0.2, 0.25) is 0 Å². The van der Waals surface area contributed by atoms with Crippen LogP contribution in [0.15, 0.2) is 34.9 Å². The molecule has 0 bridgehead atoms. The molecular formula is C26H34N4O4. The van der Waals surface area contributed by atoms with Crippen LogP contribution in [0.5, 0.6) is 0 Å². The molecule has 1 amide bonds. The lowest BCUT2D eigenvalue weighted by molar-refractivity contribution is 0.0523. The van der Waals surface area contributed by atoms with E-state index in [1.165, 1.54) is 0 Å². The molecule has 0 aliphatic carbocycles. The third-order valence-electron chi connectivity index (χ3n) is 5.73. The number of esters is 1. The summed E-state index contributed by atoms with van der Waals surface area (Å²) in [6.45, 7) is 11.9. The molecule has 0 saturated carbocycles. The van der Waals surface area contributed by atoms with Crippen LogP contribution in [0, 0.1) is 11.3 Å². The molecule has 2 N–H and O–H groups in total. The van der Waals surface area contributed by atoms with E-state index in [0.717, 1.165) is 17.7 Å². The van der Waals surface area contributed by atoms with Crippen molar-refractivity contribution >= 4 is 28.5 Å². The highest BCUT2D eigenvalue weighted by Gasteiger charge is 2.26. The van der Waals surface area contributed by atoms with Crippen molar-refractivity contribution in [2.24, 2.45) is 5.92 Å². The maximum absolute atomic E-state index is 13.3. The maximum atomic E-state index is 13.3. The minimum absolute atomic E-state index is 0.0246. The number of likely N-dealkylation sites (tertiary alicyclic amines) is 1. The van der Waals surface area contributed by atoms with Gasteiger partial charge in [0.25, 0.3) is 5.91 Å². The van der Waals surface area contributed by atoms with Crippen molar-refractivity contribution in [1.82, 2.24) is 14.8 Å². The SMILES string of the molecule is CCOC(=O)c1cn(CC(C)C)c2cc(CN/C(C)=C\C(C)=N)c(C(=O)N3CCC3)cc2c1=O. The van der Waals surface area contributed by atoms with Crippen LogP contribution in [0.1, 0.15) is 67.3 Å². The molecule has 8 nitrogen and oxygen atoms in total. The largest absolute Gasteiger partial charge is 0.462 e. The molecule has 1 aliphatic rings. The molecular weight excluding hydrogens is 432 g/mol. The standard InChI is InChI=1S/C26H34N4O4/c1-6-34-26(33)22-15-30(14-16(2)3)23-11-19(13-28-18(5)10-17(4)27)20(12-21(23)24(22)31)25(32)29-8-7-9-29/h10-12,15-16,27-28H,6-9,13-14H2,1-5H3/b18-10-,27-17?. The highest BCUT2D eigenvalue weighted by Crippen LogP contribution is 2.24. The number of pyridine rings is 1. The Bertz CT molecular complexity index is 1210. The van der Waals surface area contributed by atoms with E-state index in [-0.39, 0.29) is 24.0 Å². The second-order valence-electron chi connectivity index (χ2n) is 9.17. The van der Waals surface area contributed by atoms with Gasteiger partial charge in [-0.3, -0.25) is 9.59 Å². The number of benzene rings is 1. The van der Waals surface area contributed by atoms with Crippen molar-refractivity contribution in [3.63, 3.8) is 0 Å². The summed E-state index contributed by atoms with van der Waals surface area (Å²) in [7, 11) is 0. The third-order valence-corrected chi connectivity index (χ3v) is 5.73.